The summed E-state index contributed by atoms with van der Waals surface area (Å²) in [6.07, 6.45) is 1.24. The van der Waals surface area contributed by atoms with E-state index in [2.05, 4.69) is 29.5 Å². The third-order valence-corrected chi connectivity index (χ3v) is 4.46. The number of hydrogen-bond donors (Lipinski definition) is 0. The molecule has 1 unspecified atom stereocenters. The molecule has 1 saturated carbocycles. The van der Waals surface area contributed by atoms with E-state index >= 15 is 0 Å². The number of aromatic nitrogens is 2. The van der Waals surface area contributed by atoms with Crippen LogP contribution < -0.4 is 0 Å². The van der Waals surface area contributed by atoms with Gasteiger partial charge in [-0.15, -0.1) is 11.6 Å². The molecule has 1 aromatic heterocycles. The number of imidazole rings is 1. The summed E-state index contributed by atoms with van der Waals surface area (Å²) in [5.74, 6) is 1.92. The van der Waals surface area contributed by atoms with E-state index in [1.54, 1.807) is 6.07 Å². The first-order valence-electron chi connectivity index (χ1n) is 6.51. The normalized spacial score (nSPS) is 20.4. The second-order valence-corrected chi connectivity index (χ2v) is 6.21. The molecule has 3 rings (SSSR count). The fraction of sp³-hybridized carbons (Fsp3) is 0.467. The van der Waals surface area contributed by atoms with Gasteiger partial charge in [-0.05, 0) is 29.9 Å². The van der Waals surface area contributed by atoms with Gasteiger partial charge in [-0.25, -0.2) is 4.98 Å². The molecule has 1 aliphatic carbocycles. The van der Waals surface area contributed by atoms with E-state index in [9.17, 15) is 0 Å². The summed E-state index contributed by atoms with van der Waals surface area (Å²) in [5, 5.41) is 9.15. The molecule has 1 aliphatic rings. The van der Waals surface area contributed by atoms with Crippen molar-refractivity contribution in [2.24, 2.45) is 11.3 Å². The van der Waals surface area contributed by atoms with Gasteiger partial charge in [0.1, 0.15) is 17.4 Å². The van der Waals surface area contributed by atoms with Crippen LogP contribution in [0.3, 0.4) is 0 Å². The van der Waals surface area contributed by atoms with Gasteiger partial charge in [0.15, 0.2) is 0 Å². The highest BCUT2D eigenvalue weighted by Crippen LogP contribution is 2.52. The van der Waals surface area contributed by atoms with Crippen LogP contribution in [0.15, 0.2) is 18.2 Å². The molecule has 0 radical (unpaired) electrons. The van der Waals surface area contributed by atoms with Crippen LogP contribution in [0.2, 0.25) is 0 Å². The van der Waals surface area contributed by atoms with Gasteiger partial charge in [-0.3, -0.25) is 0 Å². The number of fused-ring (bicyclic) bond motifs is 1. The van der Waals surface area contributed by atoms with Crippen molar-refractivity contribution in [3.05, 3.63) is 29.6 Å². The van der Waals surface area contributed by atoms with Gasteiger partial charge in [0.05, 0.1) is 17.0 Å². The fourth-order valence-corrected chi connectivity index (χ4v) is 2.90. The summed E-state index contributed by atoms with van der Waals surface area (Å²) in [5.41, 5.74) is 2.85. The van der Waals surface area contributed by atoms with E-state index < -0.39 is 0 Å². The predicted octanol–water partition coefficient (Wildman–Crippen LogP) is 3.69. The largest absolute Gasteiger partial charge is 0.327 e. The van der Waals surface area contributed by atoms with Crippen molar-refractivity contribution in [1.29, 1.82) is 5.26 Å². The van der Waals surface area contributed by atoms with E-state index in [-0.39, 0.29) is 0 Å². The second kappa shape index (κ2) is 4.25. The number of halogens is 1. The van der Waals surface area contributed by atoms with Crippen LogP contribution in [-0.4, -0.2) is 9.55 Å². The van der Waals surface area contributed by atoms with Gasteiger partial charge in [0.25, 0.3) is 0 Å². The lowest BCUT2D eigenvalue weighted by atomic mass is 10.1. The third kappa shape index (κ3) is 2.01. The van der Waals surface area contributed by atoms with E-state index in [0.29, 0.717) is 22.8 Å². The Morgan fingerprint density at radius 1 is 1.53 bits per heavy atom. The van der Waals surface area contributed by atoms with E-state index in [0.717, 1.165) is 23.4 Å². The minimum atomic E-state index is 0.382. The summed E-state index contributed by atoms with van der Waals surface area (Å²) in [4.78, 5) is 4.54. The molecule has 0 saturated heterocycles. The molecule has 0 bridgehead atoms. The highest BCUT2D eigenvalue weighted by molar-refractivity contribution is 6.16. The molecule has 98 valence electrons. The second-order valence-electron chi connectivity index (χ2n) is 5.95. The van der Waals surface area contributed by atoms with Crippen molar-refractivity contribution in [3.8, 4) is 6.07 Å². The van der Waals surface area contributed by atoms with Gasteiger partial charge in [-0.2, -0.15) is 5.26 Å². The van der Waals surface area contributed by atoms with Crippen molar-refractivity contribution >= 4 is 22.6 Å². The van der Waals surface area contributed by atoms with Crippen LogP contribution in [-0.2, 0) is 12.4 Å². The van der Waals surface area contributed by atoms with Gasteiger partial charge in [0, 0.05) is 6.54 Å². The Balaban J connectivity index is 2.10. The van der Waals surface area contributed by atoms with Gasteiger partial charge in [-0.1, -0.05) is 19.9 Å². The van der Waals surface area contributed by atoms with Crippen molar-refractivity contribution in [3.63, 3.8) is 0 Å². The molecule has 0 aliphatic heterocycles. The molecule has 0 amide bonds. The minimum Gasteiger partial charge on any atom is -0.327 e. The van der Waals surface area contributed by atoms with Gasteiger partial charge in [0.2, 0.25) is 0 Å². The molecule has 1 fully saturated rings. The maximum atomic E-state index is 9.15. The SMILES string of the molecule is CC1(C)CC1Cn1c(CCl)nc2c(C#N)cccc21. The van der Waals surface area contributed by atoms with Crippen molar-refractivity contribution in [2.75, 3.05) is 0 Å². The maximum Gasteiger partial charge on any atom is 0.124 e. The molecular weight excluding hydrogens is 258 g/mol. The molecule has 1 heterocycles. The Bertz CT molecular complexity index is 678. The third-order valence-electron chi connectivity index (χ3n) is 4.22. The Morgan fingerprint density at radius 3 is 2.84 bits per heavy atom. The fourth-order valence-electron chi connectivity index (χ4n) is 2.70. The number of rotatable bonds is 3. The maximum absolute atomic E-state index is 9.15. The van der Waals surface area contributed by atoms with E-state index in [4.69, 9.17) is 16.9 Å². The Kier molecular flexibility index (Phi) is 2.79. The van der Waals surface area contributed by atoms with E-state index in [1.165, 1.54) is 6.42 Å². The molecule has 0 N–H and O–H groups in total. The number of alkyl halides is 1. The molecule has 0 spiro atoms. The number of hydrogen-bond acceptors (Lipinski definition) is 2. The Hall–Kier alpha value is -1.53. The predicted molar refractivity (Wildman–Crippen MR) is 75.9 cm³/mol. The first kappa shape index (κ1) is 12.5. The van der Waals surface area contributed by atoms with Crippen LogP contribution in [0.4, 0.5) is 0 Å². The summed E-state index contributed by atoms with van der Waals surface area (Å²) >= 11 is 6.01. The quantitative estimate of drug-likeness (QED) is 0.800. The molecular formula is C15H16ClN3. The average Bonchev–Trinajstić information content (AvgIpc) is 2.84. The van der Waals surface area contributed by atoms with E-state index in [1.807, 2.05) is 12.1 Å². The summed E-state index contributed by atoms with van der Waals surface area (Å²) in [7, 11) is 0. The summed E-state index contributed by atoms with van der Waals surface area (Å²) < 4.78 is 2.18. The number of para-hydroxylation sites is 1. The monoisotopic (exact) mass is 273 g/mol. The van der Waals surface area contributed by atoms with Crippen molar-refractivity contribution in [1.82, 2.24) is 9.55 Å². The zero-order valence-corrected chi connectivity index (χ0v) is 11.9. The molecule has 1 aromatic carbocycles. The molecule has 19 heavy (non-hydrogen) atoms. The topological polar surface area (TPSA) is 41.6 Å². The minimum absolute atomic E-state index is 0.382. The standard InChI is InChI=1S/C15H16ClN3/c1-15(2)6-11(15)9-19-12-5-3-4-10(8-17)14(12)18-13(19)7-16/h3-5,11H,6-7,9H2,1-2H3. The first-order valence-corrected chi connectivity index (χ1v) is 7.04. The number of nitriles is 1. The summed E-state index contributed by atoms with van der Waals surface area (Å²) in [6.45, 7) is 5.52. The van der Waals surface area contributed by atoms with Crippen LogP contribution in [0.5, 0.6) is 0 Å². The van der Waals surface area contributed by atoms with Crippen molar-refractivity contribution in [2.45, 2.75) is 32.7 Å². The van der Waals surface area contributed by atoms with Crippen LogP contribution in [0, 0.1) is 22.7 Å². The number of benzene rings is 1. The van der Waals surface area contributed by atoms with Crippen LogP contribution in [0.25, 0.3) is 11.0 Å². The molecule has 4 heteroatoms. The smallest absolute Gasteiger partial charge is 0.124 e. The van der Waals surface area contributed by atoms with Crippen LogP contribution in [0.1, 0.15) is 31.7 Å². The lowest BCUT2D eigenvalue weighted by Crippen LogP contribution is -2.06. The Morgan fingerprint density at radius 2 is 2.26 bits per heavy atom. The molecule has 1 atom stereocenters. The highest BCUT2D eigenvalue weighted by Gasteiger charge is 2.45. The van der Waals surface area contributed by atoms with Crippen LogP contribution >= 0.6 is 11.6 Å². The Labute approximate surface area is 117 Å². The molecule has 2 aromatic rings. The van der Waals surface area contributed by atoms with Gasteiger partial charge < -0.3 is 4.57 Å². The lowest BCUT2D eigenvalue weighted by Gasteiger charge is -2.09. The first-order chi connectivity index (χ1) is 9.06. The van der Waals surface area contributed by atoms with Crippen molar-refractivity contribution < 1.29 is 0 Å². The molecule has 3 nitrogen and oxygen atoms in total. The zero-order valence-electron chi connectivity index (χ0n) is 11.2. The van der Waals surface area contributed by atoms with Gasteiger partial charge >= 0.3 is 0 Å². The highest BCUT2D eigenvalue weighted by atomic mass is 35.5. The zero-order chi connectivity index (χ0) is 13.6. The summed E-state index contributed by atoms with van der Waals surface area (Å²) in [6, 6.07) is 7.94. The average molecular weight is 274 g/mol. The number of nitrogens with zero attached hydrogens (tertiary/aromatic N) is 3. The lowest BCUT2D eigenvalue weighted by molar-refractivity contribution is 0.498.